The molecule has 0 spiro atoms. The van der Waals surface area contributed by atoms with Gasteiger partial charge >= 0.3 is 0 Å². The van der Waals surface area contributed by atoms with Crippen LogP contribution in [0.4, 0.5) is 5.69 Å². The second-order valence-corrected chi connectivity index (χ2v) is 5.38. The summed E-state index contributed by atoms with van der Waals surface area (Å²) in [5.74, 6) is 0.889. The molecule has 1 aromatic heterocycles. The van der Waals surface area contributed by atoms with Crippen LogP contribution in [-0.4, -0.2) is 10.9 Å². The summed E-state index contributed by atoms with van der Waals surface area (Å²) >= 11 is 0. The summed E-state index contributed by atoms with van der Waals surface area (Å²) in [7, 11) is 0. The standard InChI is InChI=1S/C17H22N4/c1-12(2)14-7-5-8-15(10-14)21-17(18)19-11-16-9-4-6-13(3)20-16/h4-10,12H,11H2,1-3H3,(H3,18,19,21). The number of guanidine groups is 1. The zero-order valence-electron chi connectivity index (χ0n) is 12.8. The molecule has 1 heterocycles. The lowest BCUT2D eigenvalue weighted by molar-refractivity contribution is 0.867. The maximum Gasteiger partial charge on any atom is 0.193 e. The number of rotatable bonds is 4. The van der Waals surface area contributed by atoms with Gasteiger partial charge in [0.25, 0.3) is 0 Å². The average Bonchev–Trinajstić information content (AvgIpc) is 2.45. The first-order valence-corrected chi connectivity index (χ1v) is 7.14. The van der Waals surface area contributed by atoms with Gasteiger partial charge in [-0.2, -0.15) is 0 Å². The Morgan fingerprint density at radius 1 is 1.24 bits per heavy atom. The minimum Gasteiger partial charge on any atom is -0.370 e. The molecule has 0 radical (unpaired) electrons. The third kappa shape index (κ3) is 4.60. The molecule has 2 rings (SSSR count). The quantitative estimate of drug-likeness (QED) is 0.667. The highest BCUT2D eigenvalue weighted by Crippen LogP contribution is 2.18. The van der Waals surface area contributed by atoms with Crippen LogP contribution in [-0.2, 0) is 6.54 Å². The zero-order chi connectivity index (χ0) is 15.2. The third-order valence-electron chi connectivity index (χ3n) is 3.18. The van der Waals surface area contributed by atoms with E-state index in [-0.39, 0.29) is 0 Å². The van der Waals surface area contributed by atoms with Crippen LogP contribution in [0.1, 0.15) is 36.7 Å². The van der Waals surface area contributed by atoms with Crippen LogP contribution in [0.25, 0.3) is 0 Å². The molecule has 2 aromatic rings. The van der Waals surface area contributed by atoms with Crippen molar-refractivity contribution in [3.05, 3.63) is 59.4 Å². The summed E-state index contributed by atoms with van der Waals surface area (Å²) in [6.45, 7) is 6.77. The van der Waals surface area contributed by atoms with Gasteiger partial charge in [-0.1, -0.05) is 32.0 Å². The van der Waals surface area contributed by atoms with Gasteiger partial charge in [-0.05, 0) is 42.7 Å². The summed E-state index contributed by atoms with van der Waals surface area (Å²) in [6.07, 6.45) is 0. The van der Waals surface area contributed by atoms with Crippen molar-refractivity contribution in [3.63, 3.8) is 0 Å². The van der Waals surface area contributed by atoms with Crippen molar-refractivity contribution in [3.8, 4) is 0 Å². The number of hydrogen-bond acceptors (Lipinski definition) is 2. The Morgan fingerprint density at radius 2 is 2.00 bits per heavy atom. The Bertz CT molecular complexity index is 632. The van der Waals surface area contributed by atoms with Crippen molar-refractivity contribution in [2.75, 3.05) is 5.32 Å². The van der Waals surface area contributed by atoms with Gasteiger partial charge in [0.15, 0.2) is 5.96 Å². The van der Waals surface area contributed by atoms with Crippen molar-refractivity contribution >= 4 is 11.6 Å². The summed E-state index contributed by atoms with van der Waals surface area (Å²) in [5.41, 5.74) is 10.1. The first kappa shape index (κ1) is 15.0. The van der Waals surface area contributed by atoms with Crippen LogP contribution >= 0.6 is 0 Å². The van der Waals surface area contributed by atoms with Crippen molar-refractivity contribution in [2.24, 2.45) is 10.7 Å². The number of nitrogens with one attached hydrogen (secondary N) is 1. The molecule has 1 aromatic carbocycles. The fraction of sp³-hybridized carbons (Fsp3) is 0.294. The minimum atomic E-state index is 0.402. The molecular formula is C17H22N4. The Balaban J connectivity index is 2.02. The van der Waals surface area contributed by atoms with Gasteiger partial charge in [0.1, 0.15) is 0 Å². The normalized spacial score (nSPS) is 11.7. The maximum atomic E-state index is 5.93. The summed E-state index contributed by atoms with van der Waals surface area (Å²) in [4.78, 5) is 8.73. The van der Waals surface area contributed by atoms with Crippen LogP contribution in [0, 0.1) is 6.92 Å². The first-order chi connectivity index (χ1) is 10.0. The molecule has 0 saturated heterocycles. The molecule has 3 N–H and O–H groups in total. The minimum absolute atomic E-state index is 0.402. The topological polar surface area (TPSA) is 63.3 Å². The molecule has 0 atom stereocenters. The largest absolute Gasteiger partial charge is 0.370 e. The van der Waals surface area contributed by atoms with E-state index >= 15 is 0 Å². The fourth-order valence-electron chi connectivity index (χ4n) is 2.02. The molecule has 21 heavy (non-hydrogen) atoms. The fourth-order valence-corrected chi connectivity index (χ4v) is 2.02. The molecular weight excluding hydrogens is 260 g/mol. The number of benzene rings is 1. The number of hydrogen-bond donors (Lipinski definition) is 2. The number of nitrogens with two attached hydrogens (primary N) is 1. The molecule has 0 aliphatic heterocycles. The van der Waals surface area contributed by atoms with E-state index in [2.05, 4.69) is 41.3 Å². The maximum absolute atomic E-state index is 5.93. The van der Waals surface area contributed by atoms with Crippen LogP contribution in [0.3, 0.4) is 0 Å². The molecule has 0 bridgehead atoms. The van der Waals surface area contributed by atoms with Crippen LogP contribution in [0.15, 0.2) is 47.5 Å². The predicted octanol–water partition coefficient (Wildman–Crippen LogP) is 3.44. The van der Waals surface area contributed by atoms with Gasteiger partial charge in [-0.25, -0.2) is 4.99 Å². The van der Waals surface area contributed by atoms with E-state index in [0.29, 0.717) is 18.4 Å². The molecule has 0 saturated carbocycles. The van der Waals surface area contributed by atoms with E-state index in [1.807, 2.05) is 37.3 Å². The second kappa shape index (κ2) is 6.88. The van der Waals surface area contributed by atoms with E-state index in [1.54, 1.807) is 0 Å². The van der Waals surface area contributed by atoms with Crippen LogP contribution in [0.5, 0.6) is 0 Å². The van der Waals surface area contributed by atoms with Crippen LogP contribution < -0.4 is 11.1 Å². The number of aromatic nitrogens is 1. The van der Waals surface area contributed by atoms with E-state index in [0.717, 1.165) is 17.1 Å². The van der Waals surface area contributed by atoms with Crippen molar-refractivity contribution in [1.29, 1.82) is 0 Å². The second-order valence-electron chi connectivity index (χ2n) is 5.38. The van der Waals surface area contributed by atoms with Gasteiger partial charge in [0.2, 0.25) is 0 Å². The Labute approximate surface area is 126 Å². The monoisotopic (exact) mass is 282 g/mol. The molecule has 4 heteroatoms. The van der Waals surface area contributed by atoms with Gasteiger partial charge in [0.05, 0.1) is 12.2 Å². The first-order valence-electron chi connectivity index (χ1n) is 7.14. The lowest BCUT2D eigenvalue weighted by atomic mass is 10.0. The van der Waals surface area contributed by atoms with Gasteiger partial charge in [0, 0.05) is 11.4 Å². The Hall–Kier alpha value is -2.36. The number of aliphatic imine (C=N–C) groups is 1. The van der Waals surface area contributed by atoms with E-state index in [4.69, 9.17) is 5.73 Å². The average molecular weight is 282 g/mol. The van der Waals surface area contributed by atoms with Crippen molar-refractivity contribution in [2.45, 2.75) is 33.2 Å². The Kier molecular flexibility index (Phi) is 4.93. The van der Waals surface area contributed by atoms with Crippen molar-refractivity contribution in [1.82, 2.24) is 4.98 Å². The van der Waals surface area contributed by atoms with E-state index < -0.39 is 0 Å². The Morgan fingerprint density at radius 3 is 2.71 bits per heavy atom. The van der Waals surface area contributed by atoms with Crippen LogP contribution in [0.2, 0.25) is 0 Å². The van der Waals surface area contributed by atoms with Gasteiger partial charge in [-0.15, -0.1) is 0 Å². The lowest BCUT2D eigenvalue weighted by Gasteiger charge is -2.10. The van der Waals surface area contributed by atoms with E-state index in [1.165, 1.54) is 5.56 Å². The number of nitrogens with zero attached hydrogens (tertiary/aromatic N) is 2. The molecule has 110 valence electrons. The van der Waals surface area contributed by atoms with E-state index in [9.17, 15) is 0 Å². The third-order valence-corrected chi connectivity index (χ3v) is 3.18. The molecule has 0 aliphatic rings. The SMILES string of the molecule is Cc1cccc(CN=C(N)Nc2cccc(C(C)C)c2)n1. The number of aryl methyl sites for hydroxylation is 1. The number of pyridine rings is 1. The predicted molar refractivity (Wildman–Crippen MR) is 88.5 cm³/mol. The molecule has 4 nitrogen and oxygen atoms in total. The van der Waals surface area contributed by atoms with Gasteiger partial charge in [-0.3, -0.25) is 4.98 Å². The summed E-state index contributed by atoms with van der Waals surface area (Å²) in [6, 6.07) is 14.1. The number of anilines is 1. The lowest BCUT2D eigenvalue weighted by Crippen LogP contribution is -2.22. The summed E-state index contributed by atoms with van der Waals surface area (Å²) < 4.78 is 0. The highest BCUT2D eigenvalue weighted by atomic mass is 15.1. The summed E-state index contributed by atoms with van der Waals surface area (Å²) in [5, 5.41) is 3.12. The molecule has 0 fully saturated rings. The van der Waals surface area contributed by atoms with Crippen molar-refractivity contribution < 1.29 is 0 Å². The smallest absolute Gasteiger partial charge is 0.193 e. The van der Waals surface area contributed by atoms with Gasteiger partial charge < -0.3 is 11.1 Å². The highest BCUT2D eigenvalue weighted by molar-refractivity contribution is 5.92. The molecule has 0 aliphatic carbocycles. The molecule has 0 amide bonds. The molecule has 0 unspecified atom stereocenters. The highest BCUT2D eigenvalue weighted by Gasteiger charge is 2.01. The zero-order valence-corrected chi connectivity index (χ0v) is 12.8.